The smallest absolute Gasteiger partial charge is 0.238 e. The first-order valence-electron chi connectivity index (χ1n) is 6.09. The van der Waals surface area contributed by atoms with Crippen LogP contribution >= 0.6 is 0 Å². The van der Waals surface area contributed by atoms with Crippen molar-refractivity contribution in [3.8, 4) is 11.5 Å². The van der Waals surface area contributed by atoms with Crippen molar-refractivity contribution in [3.05, 3.63) is 18.2 Å². The number of oxime groups is 1. The van der Waals surface area contributed by atoms with Crippen LogP contribution in [0.25, 0.3) is 0 Å². The van der Waals surface area contributed by atoms with Crippen LogP contribution in [0.5, 0.6) is 11.5 Å². The topological polar surface area (TPSA) is 106 Å². The van der Waals surface area contributed by atoms with Gasteiger partial charge in [-0.3, -0.25) is 4.79 Å². The molecule has 20 heavy (non-hydrogen) atoms. The first kappa shape index (κ1) is 14.0. The highest BCUT2D eigenvalue weighted by atomic mass is 16.5. The molecule has 0 aliphatic heterocycles. The Morgan fingerprint density at radius 3 is 2.50 bits per heavy atom. The molecule has 7 nitrogen and oxygen atoms in total. The maximum absolute atomic E-state index is 12.2. The Labute approximate surface area is 116 Å². The Kier molecular flexibility index (Phi) is 3.69. The standard InChI is InChI=1S/C13H17N3O4/c1-19-9-4-3-8(7-10(9)20-2)15-12(17)13(5-6-13)11(14)16-18/h3-4,7,18H,5-6H2,1-2H3,(H2,14,16)(H,15,17). The lowest BCUT2D eigenvalue weighted by Crippen LogP contribution is -2.36. The molecular formula is C13H17N3O4. The van der Waals surface area contributed by atoms with Crippen molar-refractivity contribution >= 4 is 17.4 Å². The van der Waals surface area contributed by atoms with E-state index in [-0.39, 0.29) is 11.7 Å². The van der Waals surface area contributed by atoms with Gasteiger partial charge in [0.2, 0.25) is 5.91 Å². The van der Waals surface area contributed by atoms with E-state index in [1.165, 1.54) is 14.2 Å². The maximum atomic E-state index is 12.2. The predicted molar refractivity (Wildman–Crippen MR) is 73.3 cm³/mol. The molecule has 1 saturated carbocycles. The number of carbonyl (C=O) groups excluding carboxylic acids is 1. The van der Waals surface area contributed by atoms with Gasteiger partial charge < -0.3 is 25.7 Å². The van der Waals surface area contributed by atoms with E-state index in [9.17, 15) is 4.79 Å². The van der Waals surface area contributed by atoms with Gasteiger partial charge in [-0.15, -0.1) is 0 Å². The number of ether oxygens (including phenoxy) is 2. The molecule has 4 N–H and O–H groups in total. The van der Waals surface area contributed by atoms with Crippen molar-refractivity contribution in [1.82, 2.24) is 0 Å². The number of amidine groups is 1. The van der Waals surface area contributed by atoms with Crippen molar-refractivity contribution in [1.29, 1.82) is 0 Å². The number of rotatable bonds is 5. The quantitative estimate of drug-likeness (QED) is 0.324. The van der Waals surface area contributed by atoms with Crippen LogP contribution in [-0.2, 0) is 4.79 Å². The fraction of sp³-hybridized carbons (Fsp3) is 0.385. The summed E-state index contributed by atoms with van der Waals surface area (Å²) >= 11 is 0. The summed E-state index contributed by atoms with van der Waals surface area (Å²) in [4.78, 5) is 12.2. The lowest BCUT2D eigenvalue weighted by molar-refractivity contribution is -0.119. The van der Waals surface area contributed by atoms with Crippen LogP contribution < -0.4 is 20.5 Å². The van der Waals surface area contributed by atoms with Crippen molar-refractivity contribution in [2.75, 3.05) is 19.5 Å². The molecule has 0 heterocycles. The molecule has 0 spiro atoms. The molecule has 1 aromatic rings. The van der Waals surface area contributed by atoms with E-state index in [1.807, 2.05) is 0 Å². The minimum Gasteiger partial charge on any atom is -0.493 e. The molecule has 2 rings (SSSR count). The van der Waals surface area contributed by atoms with Gasteiger partial charge >= 0.3 is 0 Å². The number of nitrogens with one attached hydrogen (secondary N) is 1. The molecule has 0 radical (unpaired) electrons. The molecule has 1 aliphatic rings. The monoisotopic (exact) mass is 279 g/mol. The fourth-order valence-electron chi connectivity index (χ4n) is 1.98. The average Bonchev–Trinajstić information content (AvgIpc) is 3.27. The van der Waals surface area contributed by atoms with E-state index < -0.39 is 5.41 Å². The number of nitrogens with two attached hydrogens (primary N) is 1. The SMILES string of the molecule is COc1ccc(NC(=O)C2(/C(N)=N/O)CC2)cc1OC. The molecule has 0 unspecified atom stereocenters. The zero-order chi connectivity index (χ0) is 14.8. The van der Waals surface area contributed by atoms with E-state index >= 15 is 0 Å². The Morgan fingerprint density at radius 1 is 1.35 bits per heavy atom. The Hall–Kier alpha value is -2.44. The third-order valence-corrected chi connectivity index (χ3v) is 3.42. The number of methoxy groups -OCH3 is 2. The summed E-state index contributed by atoms with van der Waals surface area (Å²) in [6.07, 6.45) is 1.14. The second-order valence-corrected chi connectivity index (χ2v) is 4.59. The number of carbonyl (C=O) groups is 1. The summed E-state index contributed by atoms with van der Waals surface area (Å²) in [6, 6.07) is 5.04. The second-order valence-electron chi connectivity index (χ2n) is 4.59. The van der Waals surface area contributed by atoms with E-state index in [0.717, 1.165) is 0 Å². The van der Waals surface area contributed by atoms with Crippen LogP contribution in [0.2, 0.25) is 0 Å². The van der Waals surface area contributed by atoms with Gasteiger partial charge in [-0.05, 0) is 25.0 Å². The van der Waals surface area contributed by atoms with E-state index in [4.69, 9.17) is 20.4 Å². The van der Waals surface area contributed by atoms with Gasteiger partial charge in [0.05, 0.1) is 14.2 Å². The van der Waals surface area contributed by atoms with Crippen LogP contribution in [0.3, 0.4) is 0 Å². The molecule has 0 saturated heterocycles. The lowest BCUT2D eigenvalue weighted by atomic mass is 10.1. The highest BCUT2D eigenvalue weighted by Crippen LogP contribution is 2.47. The zero-order valence-electron chi connectivity index (χ0n) is 11.3. The molecule has 7 heteroatoms. The number of benzene rings is 1. The van der Waals surface area contributed by atoms with Crippen LogP contribution in [0.1, 0.15) is 12.8 Å². The number of nitrogens with zero attached hydrogens (tertiary/aromatic N) is 1. The summed E-state index contributed by atoms with van der Waals surface area (Å²) in [6.45, 7) is 0. The third-order valence-electron chi connectivity index (χ3n) is 3.42. The normalized spacial score (nSPS) is 16.4. The number of hydrogen-bond acceptors (Lipinski definition) is 5. The van der Waals surface area contributed by atoms with Crippen LogP contribution in [0.15, 0.2) is 23.4 Å². The van der Waals surface area contributed by atoms with Crippen LogP contribution in [0, 0.1) is 5.41 Å². The lowest BCUT2D eigenvalue weighted by Gasteiger charge is -2.15. The average molecular weight is 279 g/mol. The van der Waals surface area contributed by atoms with Crippen molar-refractivity contribution in [2.45, 2.75) is 12.8 Å². The van der Waals surface area contributed by atoms with Crippen molar-refractivity contribution in [3.63, 3.8) is 0 Å². The van der Waals surface area contributed by atoms with E-state index in [1.54, 1.807) is 18.2 Å². The Balaban J connectivity index is 2.17. The highest BCUT2D eigenvalue weighted by molar-refractivity contribution is 6.14. The number of anilines is 1. The van der Waals surface area contributed by atoms with Gasteiger partial charge in [0, 0.05) is 11.8 Å². The predicted octanol–water partition coefficient (Wildman–Crippen LogP) is 1.17. The molecule has 1 amide bonds. The second kappa shape index (κ2) is 5.28. The van der Waals surface area contributed by atoms with Crippen LogP contribution in [-0.4, -0.2) is 31.2 Å². The number of amides is 1. The minimum atomic E-state index is -0.887. The molecule has 108 valence electrons. The van der Waals surface area contributed by atoms with Gasteiger partial charge in [-0.1, -0.05) is 5.16 Å². The van der Waals surface area contributed by atoms with Gasteiger partial charge in [0.1, 0.15) is 5.41 Å². The molecule has 1 aromatic carbocycles. The van der Waals surface area contributed by atoms with E-state index in [0.29, 0.717) is 30.0 Å². The highest BCUT2D eigenvalue weighted by Gasteiger charge is 2.54. The molecular weight excluding hydrogens is 262 g/mol. The fourth-order valence-corrected chi connectivity index (χ4v) is 1.98. The van der Waals surface area contributed by atoms with Crippen molar-refractivity contribution in [2.24, 2.45) is 16.3 Å². The summed E-state index contributed by atoms with van der Waals surface area (Å²) in [5, 5.41) is 14.4. The summed E-state index contributed by atoms with van der Waals surface area (Å²) in [5.74, 6) is 0.734. The first-order chi connectivity index (χ1) is 9.57. The maximum Gasteiger partial charge on any atom is 0.238 e. The number of hydrogen-bond donors (Lipinski definition) is 3. The summed E-state index contributed by atoms with van der Waals surface area (Å²) < 4.78 is 10.3. The molecule has 1 aliphatic carbocycles. The Morgan fingerprint density at radius 2 is 2.00 bits per heavy atom. The molecule has 0 bridgehead atoms. The zero-order valence-corrected chi connectivity index (χ0v) is 11.3. The van der Waals surface area contributed by atoms with E-state index in [2.05, 4.69) is 10.5 Å². The first-order valence-corrected chi connectivity index (χ1v) is 6.09. The van der Waals surface area contributed by atoms with Gasteiger partial charge in [0.25, 0.3) is 0 Å². The Bertz CT molecular complexity index is 553. The minimum absolute atomic E-state index is 0.0597. The van der Waals surface area contributed by atoms with Crippen molar-refractivity contribution < 1.29 is 19.5 Å². The van der Waals surface area contributed by atoms with Crippen LogP contribution in [0.4, 0.5) is 5.69 Å². The van der Waals surface area contributed by atoms with Gasteiger partial charge in [-0.25, -0.2) is 0 Å². The molecule has 1 fully saturated rings. The van der Waals surface area contributed by atoms with Gasteiger partial charge in [0.15, 0.2) is 17.3 Å². The molecule has 0 atom stereocenters. The largest absolute Gasteiger partial charge is 0.493 e. The molecule has 0 aromatic heterocycles. The summed E-state index contributed by atoms with van der Waals surface area (Å²) in [5.41, 5.74) is 5.24. The third kappa shape index (κ3) is 2.34. The summed E-state index contributed by atoms with van der Waals surface area (Å²) in [7, 11) is 3.05. The van der Waals surface area contributed by atoms with Gasteiger partial charge in [-0.2, -0.15) is 0 Å².